The van der Waals surface area contributed by atoms with Gasteiger partial charge in [0.1, 0.15) is 18.6 Å². The first kappa shape index (κ1) is 27.6. The van der Waals surface area contributed by atoms with Crippen LogP contribution < -0.4 is 33.2 Å². The molecule has 0 aromatic rings. The molecule has 3 unspecified atom stereocenters. The van der Waals surface area contributed by atoms with Gasteiger partial charge in [0.05, 0.1) is 12.5 Å². The first-order valence-electron chi connectivity index (χ1n) is 9.48. The smallest absolute Gasteiger partial charge is 0.322 e. The van der Waals surface area contributed by atoms with Crippen LogP contribution in [0, 0.1) is 5.92 Å². The predicted octanol–water partition coefficient (Wildman–Crippen LogP) is -3.33. The second-order valence-electron chi connectivity index (χ2n) is 7.06. The molecule has 0 saturated carbocycles. The molecular formula is C17H31N7O7. The maximum absolute atomic E-state index is 12.7. The van der Waals surface area contributed by atoms with Crippen molar-refractivity contribution in [1.82, 2.24) is 16.0 Å². The molecule has 0 aromatic heterocycles. The summed E-state index contributed by atoms with van der Waals surface area (Å²) in [6.07, 6.45) is -0.294. The minimum Gasteiger partial charge on any atom is -0.481 e. The first-order chi connectivity index (χ1) is 14.3. The molecule has 0 aliphatic rings. The summed E-state index contributed by atoms with van der Waals surface area (Å²) in [5.74, 6) is -5.39. The number of hydrogen-bond acceptors (Lipinski definition) is 7. The molecule has 176 valence electrons. The summed E-state index contributed by atoms with van der Waals surface area (Å²) in [6.45, 7) is 2.82. The maximum atomic E-state index is 12.7. The zero-order chi connectivity index (χ0) is 24.1. The molecule has 31 heavy (non-hydrogen) atoms. The van der Waals surface area contributed by atoms with Gasteiger partial charge < -0.3 is 43.4 Å². The molecule has 0 saturated heterocycles. The molecule has 0 aliphatic heterocycles. The van der Waals surface area contributed by atoms with Crippen molar-refractivity contribution >= 4 is 35.6 Å². The summed E-state index contributed by atoms with van der Waals surface area (Å²) in [7, 11) is 0. The van der Waals surface area contributed by atoms with E-state index in [4.69, 9.17) is 27.4 Å². The number of nitrogens with one attached hydrogen (secondary N) is 3. The number of aliphatic imine (C=N–C) groups is 1. The Morgan fingerprint density at radius 2 is 1.55 bits per heavy atom. The van der Waals surface area contributed by atoms with E-state index in [0.717, 1.165) is 0 Å². The second kappa shape index (κ2) is 13.7. The summed E-state index contributed by atoms with van der Waals surface area (Å²) in [6, 6.07) is -3.61. The van der Waals surface area contributed by atoms with Crippen molar-refractivity contribution < 1.29 is 34.2 Å². The van der Waals surface area contributed by atoms with Gasteiger partial charge in [-0.3, -0.25) is 29.0 Å². The third-order valence-corrected chi connectivity index (χ3v) is 3.97. The van der Waals surface area contributed by atoms with Crippen molar-refractivity contribution in [2.45, 2.75) is 51.2 Å². The van der Waals surface area contributed by atoms with Crippen LogP contribution >= 0.6 is 0 Å². The molecule has 14 nitrogen and oxygen atoms in total. The van der Waals surface area contributed by atoms with E-state index in [9.17, 15) is 24.0 Å². The number of nitrogens with zero attached hydrogens (tertiary/aromatic N) is 1. The van der Waals surface area contributed by atoms with Crippen LogP contribution in [0.5, 0.6) is 0 Å². The Hall–Kier alpha value is -3.42. The monoisotopic (exact) mass is 445 g/mol. The van der Waals surface area contributed by atoms with Crippen LogP contribution in [0.3, 0.4) is 0 Å². The molecule has 0 bridgehead atoms. The Morgan fingerprint density at radius 1 is 0.935 bits per heavy atom. The Labute approximate surface area is 179 Å². The third-order valence-electron chi connectivity index (χ3n) is 3.97. The average molecular weight is 445 g/mol. The zero-order valence-electron chi connectivity index (χ0n) is 17.5. The number of rotatable bonds is 14. The highest BCUT2D eigenvalue weighted by atomic mass is 16.4. The number of nitrogens with two attached hydrogens (primary N) is 3. The van der Waals surface area contributed by atoms with Gasteiger partial charge >= 0.3 is 11.9 Å². The maximum Gasteiger partial charge on any atom is 0.322 e. The molecule has 14 heteroatoms. The fourth-order valence-corrected chi connectivity index (χ4v) is 2.39. The zero-order valence-corrected chi connectivity index (χ0v) is 17.5. The lowest BCUT2D eigenvalue weighted by Gasteiger charge is -2.25. The van der Waals surface area contributed by atoms with Gasteiger partial charge in [-0.1, -0.05) is 13.8 Å². The average Bonchev–Trinajstić information content (AvgIpc) is 2.64. The van der Waals surface area contributed by atoms with E-state index < -0.39 is 66.7 Å². The quantitative estimate of drug-likeness (QED) is 0.0749. The van der Waals surface area contributed by atoms with Gasteiger partial charge in [-0.2, -0.15) is 0 Å². The lowest BCUT2D eigenvalue weighted by atomic mass is 10.0. The summed E-state index contributed by atoms with van der Waals surface area (Å²) >= 11 is 0. The number of guanidine groups is 1. The van der Waals surface area contributed by atoms with Gasteiger partial charge in [0.25, 0.3) is 0 Å². The topological polar surface area (TPSA) is 252 Å². The summed E-state index contributed by atoms with van der Waals surface area (Å²) in [4.78, 5) is 62.3. The second-order valence-corrected chi connectivity index (χ2v) is 7.06. The molecule has 11 N–H and O–H groups in total. The Bertz CT molecular complexity index is 692. The van der Waals surface area contributed by atoms with E-state index >= 15 is 0 Å². The van der Waals surface area contributed by atoms with Gasteiger partial charge in [0, 0.05) is 6.54 Å². The minimum atomic E-state index is -1.38. The van der Waals surface area contributed by atoms with E-state index in [1.807, 2.05) is 0 Å². The number of amides is 3. The van der Waals surface area contributed by atoms with Crippen LogP contribution in [0.15, 0.2) is 4.99 Å². The molecule has 0 fully saturated rings. The van der Waals surface area contributed by atoms with Crippen molar-refractivity contribution in [1.29, 1.82) is 0 Å². The summed E-state index contributed by atoms with van der Waals surface area (Å²) < 4.78 is 0. The number of aliphatic carboxylic acids is 2. The number of hydrogen-bond donors (Lipinski definition) is 8. The predicted molar refractivity (Wildman–Crippen MR) is 109 cm³/mol. The third kappa shape index (κ3) is 12.0. The highest BCUT2D eigenvalue weighted by molar-refractivity contribution is 5.94. The van der Waals surface area contributed by atoms with E-state index in [2.05, 4.69) is 20.9 Å². The van der Waals surface area contributed by atoms with E-state index in [1.54, 1.807) is 13.8 Å². The first-order valence-corrected chi connectivity index (χ1v) is 9.48. The molecule has 0 rings (SSSR count). The summed E-state index contributed by atoms with van der Waals surface area (Å²) in [5, 5.41) is 24.5. The molecule has 3 amide bonds. The van der Waals surface area contributed by atoms with Crippen LogP contribution in [0.1, 0.15) is 33.1 Å². The van der Waals surface area contributed by atoms with Crippen LogP contribution in [0.4, 0.5) is 0 Å². The van der Waals surface area contributed by atoms with Crippen molar-refractivity contribution in [3.8, 4) is 0 Å². The van der Waals surface area contributed by atoms with Crippen molar-refractivity contribution in [2.75, 3.05) is 13.1 Å². The minimum absolute atomic E-state index is 0.0652. The number of carbonyl (C=O) groups is 5. The standard InChI is InChI=1S/C17H31N7O7/c1-8(2)13(16(31)22-7-12(27)28)24-15(30)10(4-3-5-21-17(19)20)23-14(29)9(18)6-11(25)26/h8-10,13H,3-7,18H2,1-2H3,(H,22,31)(H,23,29)(H,24,30)(H,25,26)(H,27,28)(H4,19,20,21). The van der Waals surface area contributed by atoms with Gasteiger partial charge in [-0.25, -0.2) is 0 Å². The Balaban J connectivity index is 5.31. The fourth-order valence-electron chi connectivity index (χ4n) is 2.39. The van der Waals surface area contributed by atoms with Crippen LogP contribution in [0.25, 0.3) is 0 Å². The van der Waals surface area contributed by atoms with Gasteiger partial charge in [-0.05, 0) is 18.8 Å². The molecule has 0 heterocycles. The van der Waals surface area contributed by atoms with Crippen molar-refractivity contribution in [2.24, 2.45) is 28.1 Å². The van der Waals surface area contributed by atoms with E-state index in [-0.39, 0.29) is 25.3 Å². The summed E-state index contributed by atoms with van der Waals surface area (Å²) in [5.41, 5.74) is 16.0. The van der Waals surface area contributed by atoms with Crippen molar-refractivity contribution in [3.05, 3.63) is 0 Å². The largest absolute Gasteiger partial charge is 0.481 e. The molecule has 3 atom stereocenters. The molecule has 0 aromatic carbocycles. The number of carboxylic acids is 2. The van der Waals surface area contributed by atoms with Crippen LogP contribution in [0.2, 0.25) is 0 Å². The van der Waals surface area contributed by atoms with Gasteiger partial charge in [0.15, 0.2) is 5.96 Å². The molecule has 0 radical (unpaired) electrons. The lowest BCUT2D eigenvalue weighted by Crippen LogP contribution is -2.57. The molecular weight excluding hydrogens is 414 g/mol. The highest BCUT2D eigenvalue weighted by Crippen LogP contribution is 2.06. The molecule has 0 aliphatic carbocycles. The van der Waals surface area contributed by atoms with Gasteiger partial charge in [-0.15, -0.1) is 0 Å². The SMILES string of the molecule is CC(C)C(NC(=O)C(CCCN=C(N)N)NC(=O)C(N)CC(=O)O)C(=O)NCC(=O)O. The lowest BCUT2D eigenvalue weighted by molar-refractivity contribution is -0.140. The van der Waals surface area contributed by atoms with Gasteiger partial charge in [0.2, 0.25) is 17.7 Å². The Kier molecular flexibility index (Phi) is 12.2. The normalized spacial score (nSPS) is 13.4. The molecule has 0 spiro atoms. The van der Waals surface area contributed by atoms with Crippen LogP contribution in [-0.4, -0.2) is 77.0 Å². The number of carboxylic acid groups (broad SMARTS) is 2. The fraction of sp³-hybridized carbons (Fsp3) is 0.647. The van der Waals surface area contributed by atoms with Crippen molar-refractivity contribution in [3.63, 3.8) is 0 Å². The Morgan fingerprint density at radius 3 is 2.03 bits per heavy atom. The van der Waals surface area contributed by atoms with Crippen LogP contribution in [-0.2, 0) is 24.0 Å². The van der Waals surface area contributed by atoms with E-state index in [0.29, 0.717) is 0 Å². The van der Waals surface area contributed by atoms with E-state index in [1.165, 1.54) is 0 Å². The highest BCUT2D eigenvalue weighted by Gasteiger charge is 2.30. The number of carbonyl (C=O) groups excluding carboxylic acids is 3.